The number of amides is 1. The van der Waals surface area contributed by atoms with Crippen LogP contribution in [0.3, 0.4) is 0 Å². The first-order valence-electron chi connectivity index (χ1n) is 5.43. The topological polar surface area (TPSA) is 64.0 Å². The summed E-state index contributed by atoms with van der Waals surface area (Å²) in [5.41, 5.74) is -0.0875. The van der Waals surface area contributed by atoms with Gasteiger partial charge in [0, 0.05) is 25.2 Å². The number of nitrogens with zero attached hydrogens (tertiary/aromatic N) is 2. The van der Waals surface area contributed by atoms with Crippen LogP contribution in [-0.2, 0) is 11.3 Å². The lowest BCUT2D eigenvalue weighted by Crippen LogP contribution is -2.33. The normalized spacial score (nSPS) is 10.6. The Kier molecular flexibility index (Phi) is 5.10. The fourth-order valence-electron chi connectivity index (χ4n) is 1.42. The van der Waals surface area contributed by atoms with Crippen LogP contribution >= 0.6 is 22.6 Å². The molecule has 0 fully saturated rings. The van der Waals surface area contributed by atoms with Gasteiger partial charge in [-0.25, -0.2) is 4.98 Å². The van der Waals surface area contributed by atoms with Gasteiger partial charge in [-0.3, -0.25) is 14.2 Å². The van der Waals surface area contributed by atoms with Crippen molar-refractivity contribution < 1.29 is 4.79 Å². The van der Waals surface area contributed by atoms with Crippen LogP contribution in [0.5, 0.6) is 0 Å². The van der Waals surface area contributed by atoms with Crippen LogP contribution in [0.2, 0.25) is 0 Å². The molecule has 1 aromatic rings. The number of halogens is 1. The molecule has 0 saturated carbocycles. The number of aryl methyl sites for hydroxylation is 1. The van der Waals surface area contributed by atoms with Gasteiger partial charge in [-0.1, -0.05) is 0 Å². The third-order valence-corrected chi connectivity index (χ3v) is 2.96. The number of nitrogens with one attached hydrogen (secondary N) is 1. The van der Waals surface area contributed by atoms with Crippen molar-refractivity contribution in [2.45, 2.75) is 39.8 Å². The van der Waals surface area contributed by atoms with E-state index in [4.69, 9.17) is 0 Å². The number of carbonyl (C=O) groups excluding carboxylic acids is 1. The zero-order valence-corrected chi connectivity index (χ0v) is 12.3. The van der Waals surface area contributed by atoms with Crippen molar-refractivity contribution >= 4 is 28.5 Å². The number of hydrogen-bond acceptors (Lipinski definition) is 3. The predicted octanol–water partition coefficient (Wildman–Crippen LogP) is 1.07. The summed E-state index contributed by atoms with van der Waals surface area (Å²) in [6.45, 7) is 5.94. The van der Waals surface area contributed by atoms with Crippen LogP contribution in [0.1, 0.15) is 26.1 Å². The van der Waals surface area contributed by atoms with Crippen LogP contribution < -0.4 is 10.9 Å². The fraction of sp³-hybridized carbons (Fsp3) is 0.545. The standard InChI is InChI=1S/C11H16IN3O2/c1-7(2)14-10(16)4-5-15-8(3)13-6-9(12)11(15)17/h6-7H,4-5H2,1-3H3,(H,14,16). The van der Waals surface area contributed by atoms with E-state index in [0.717, 1.165) is 0 Å². The fourth-order valence-corrected chi connectivity index (χ4v) is 1.85. The number of aromatic nitrogens is 2. The highest BCUT2D eigenvalue weighted by Crippen LogP contribution is 1.99. The second kappa shape index (κ2) is 6.13. The van der Waals surface area contributed by atoms with Crippen molar-refractivity contribution in [1.29, 1.82) is 0 Å². The molecule has 0 radical (unpaired) electrons. The summed E-state index contributed by atoms with van der Waals surface area (Å²) in [7, 11) is 0. The van der Waals surface area contributed by atoms with E-state index in [-0.39, 0.29) is 17.5 Å². The molecule has 0 bridgehead atoms. The Bertz CT molecular complexity index is 468. The summed E-state index contributed by atoms with van der Waals surface area (Å²) < 4.78 is 2.10. The van der Waals surface area contributed by atoms with Crippen molar-refractivity contribution in [2.24, 2.45) is 0 Å². The van der Waals surface area contributed by atoms with Gasteiger partial charge in [-0.15, -0.1) is 0 Å². The van der Waals surface area contributed by atoms with Gasteiger partial charge < -0.3 is 5.32 Å². The lowest BCUT2D eigenvalue weighted by molar-refractivity contribution is -0.121. The van der Waals surface area contributed by atoms with E-state index in [9.17, 15) is 9.59 Å². The number of rotatable bonds is 4. The second-order valence-corrected chi connectivity index (χ2v) is 5.24. The minimum Gasteiger partial charge on any atom is -0.354 e. The Morgan fingerprint density at radius 3 is 2.82 bits per heavy atom. The monoisotopic (exact) mass is 349 g/mol. The summed E-state index contributed by atoms with van der Waals surface area (Å²) in [4.78, 5) is 27.4. The van der Waals surface area contributed by atoms with Crippen molar-refractivity contribution in [1.82, 2.24) is 14.9 Å². The minimum atomic E-state index is -0.0875. The average Bonchev–Trinajstić information content (AvgIpc) is 2.23. The van der Waals surface area contributed by atoms with E-state index in [1.165, 1.54) is 4.57 Å². The van der Waals surface area contributed by atoms with Crippen LogP contribution in [0.25, 0.3) is 0 Å². The van der Waals surface area contributed by atoms with E-state index in [2.05, 4.69) is 10.3 Å². The van der Waals surface area contributed by atoms with Gasteiger partial charge in [0.25, 0.3) is 5.56 Å². The van der Waals surface area contributed by atoms with Gasteiger partial charge in [0.1, 0.15) is 5.82 Å². The van der Waals surface area contributed by atoms with Gasteiger partial charge in [0.05, 0.1) is 3.57 Å². The predicted molar refractivity (Wildman–Crippen MR) is 73.8 cm³/mol. The number of carbonyl (C=O) groups is 1. The first kappa shape index (κ1) is 14.1. The first-order valence-corrected chi connectivity index (χ1v) is 6.51. The molecule has 5 nitrogen and oxygen atoms in total. The molecule has 6 heteroatoms. The van der Waals surface area contributed by atoms with Crippen LogP contribution in [0.15, 0.2) is 11.0 Å². The zero-order valence-electron chi connectivity index (χ0n) is 10.2. The smallest absolute Gasteiger partial charge is 0.266 e. The Labute approximate surface area is 114 Å². The third-order valence-electron chi connectivity index (χ3n) is 2.22. The lowest BCUT2D eigenvalue weighted by Gasteiger charge is -2.11. The van der Waals surface area contributed by atoms with Gasteiger partial charge in [0.2, 0.25) is 5.91 Å². The Balaban J connectivity index is 2.73. The van der Waals surface area contributed by atoms with Gasteiger partial charge in [0.15, 0.2) is 0 Å². The lowest BCUT2D eigenvalue weighted by atomic mass is 10.3. The van der Waals surface area contributed by atoms with Crippen molar-refractivity contribution in [3.8, 4) is 0 Å². The van der Waals surface area contributed by atoms with E-state index in [0.29, 0.717) is 22.4 Å². The molecule has 1 N–H and O–H groups in total. The van der Waals surface area contributed by atoms with Crippen molar-refractivity contribution in [2.75, 3.05) is 0 Å². The van der Waals surface area contributed by atoms with Crippen LogP contribution in [-0.4, -0.2) is 21.5 Å². The maximum Gasteiger partial charge on any atom is 0.266 e. The molecule has 17 heavy (non-hydrogen) atoms. The molecule has 0 unspecified atom stereocenters. The van der Waals surface area contributed by atoms with Gasteiger partial charge in [-0.2, -0.15) is 0 Å². The van der Waals surface area contributed by atoms with Crippen molar-refractivity contribution in [3.05, 3.63) is 25.9 Å². The van der Waals surface area contributed by atoms with Crippen LogP contribution in [0.4, 0.5) is 0 Å². The largest absolute Gasteiger partial charge is 0.354 e. The molecule has 0 aliphatic carbocycles. The molecular weight excluding hydrogens is 333 g/mol. The summed E-state index contributed by atoms with van der Waals surface area (Å²) in [5, 5.41) is 2.79. The molecule has 0 aliphatic rings. The summed E-state index contributed by atoms with van der Waals surface area (Å²) in [6, 6.07) is 0.120. The molecule has 1 aromatic heterocycles. The van der Waals surface area contributed by atoms with Crippen LogP contribution in [0, 0.1) is 10.5 Å². The molecule has 1 heterocycles. The van der Waals surface area contributed by atoms with Crippen molar-refractivity contribution in [3.63, 3.8) is 0 Å². The quantitative estimate of drug-likeness (QED) is 0.828. The highest BCUT2D eigenvalue weighted by molar-refractivity contribution is 14.1. The molecule has 0 atom stereocenters. The van der Waals surface area contributed by atoms with Gasteiger partial charge in [-0.05, 0) is 43.4 Å². The minimum absolute atomic E-state index is 0.0508. The second-order valence-electron chi connectivity index (χ2n) is 4.08. The Hall–Kier alpha value is -0.920. The summed E-state index contributed by atoms with van der Waals surface area (Å²) >= 11 is 1.95. The summed E-state index contributed by atoms with van der Waals surface area (Å²) in [6.07, 6.45) is 1.84. The maximum atomic E-state index is 11.8. The highest BCUT2D eigenvalue weighted by Gasteiger charge is 2.08. The van der Waals surface area contributed by atoms with Gasteiger partial charge >= 0.3 is 0 Å². The molecule has 1 amide bonds. The SMILES string of the molecule is Cc1ncc(I)c(=O)n1CCC(=O)NC(C)C. The molecule has 0 saturated heterocycles. The number of hydrogen-bond donors (Lipinski definition) is 1. The average molecular weight is 349 g/mol. The first-order chi connectivity index (χ1) is 7.91. The van der Waals surface area contributed by atoms with E-state index in [1.807, 2.05) is 36.4 Å². The Morgan fingerprint density at radius 1 is 1.59 bits per heavy atom. The highest BCUT2D eigenvalue weighted by atomic mass is 127. The Morgan fingerprint density at radius 2 is 2.24 bits per heavy atom. The maximum absolute atomic E-state index is 11.8. The van der Waals surface area contributed by atoms with E-state index >= 15 is 0 Å². The molecule has 0 aliphatic heterocycles. The van der Waals surface area contributed by atoms with E-state index < -0.39 is 0 Å². The van der Waals surface area contributed by atoms with E-state index in [1.54, 1.807) is 13.1 Å². The third kappa shape index (κ3) is 4.10. The molecule has 0 aromatic carbocycles. The molecule has 1 rings (SSSR count). The molecule has 0 spiro atoms. The molecular formula is C11H16IN3O2. The zero-order chi connectivity index (χ0) is 13.0. The summed E-state index contributed by atoms with van der Waals surface area (Å²) in [5.74, 6) is 0.581. The molecule has 94 valence electrons.